The van der Waals surface area contributed by atoms with E-state index in [0.29, 0.717) is 36.9 Å². The van der Waals surface area contributed by atoms with Gasteiger partial charge in [0, 0.05) is 28.2 Å². The van der Waals surface area contributed by atoms with Gasteiger partial charge in [-0.15, -0.1) is 0 Å². The molecule has 1 aromatic rings. The maximum absolute atomic E-state index is 12.1. The van der Waals surface area contributed by atoms with E-state index in [0.717, 1.165) is 3.57 Å². The molecule has 0 saturated carbocycles. The topological polar surface area (TPSA) is 75.7 Å². The predicted molar refractivity (Wildman–Crippen MR) is 92.7 cm³/mol. The number of nitrogens with one attached hydrogen (secondary N) is 1. The first-order valence-electron chi connectivity index (χ1n) is 6.69. The summed E-state index contributed by atoms with van der Waals surface area (Å²) in [7, 11) is -3.36. The van der Waals surface area contributed by atoms with Gasteiger partial charge in [-0.1, -0.05) is 11.6 Å². The highest BCUT2D eigenvalue weighted by molar-refractivity contribution is 14.1. The van der Waals surface area contributed by atoms with Crippen molar-refractivity contribution in [3.63, 3.8) is 0 Å². The van der Waals surface area contributed by atoms with Gasteiger partial charge in [-0.05, 0) is 40.8 Å². The Kier molecular flexibility index (Phi) is 6.45. The predicted octanol–water partition coefficient (Wildman–Crippen LogP) is 1.34. The fourth-order valence-electron chi connectivity index (χ4n) is 2.02. The average molecular weight is 459 g/mol. The van der Waals surface area contributed by atoms with Gasteiger partial charge in [0.15, 0.2) is 0 Å². The molecule has 1 fully saturated rings. The van der Waals surface area contributed by atoms with Gasteiger partial charge in [-0.3, -0.25) is 4.79 Å². The van der Waals surface area contributed by atoms with Crippen molar-refractivity contribution in [2.75, 3.05) is 38.6 Å². The molecule has 0 spiro atoms. The Hall–Kier alpha value is -0.420. The lowest BCUT2D eigenvalue weighted by Crippen LogP contribution is -2.43. The maximum atomic E-state index is 12.1. The van der Waals surface area contributed by atoms with Crippen molar-refractivity contribution < 1.29 is 17.9 Å². The highest BCUT2D eigenvalue weighted by Gasteiger charge is 2.24. The third-order valence-electron chi connectivity index (χ3n) is 3.18. The van der Waals surface area contributed by atoms with Gasteiger partial charge in [-0.2, -0.15) is 4.31 Å². The minimum atomic E-state index is -3.36. The zero-order valence-corrected chi connectivity index (χ0v) is 15.4. The molecular weight excluding hydrogens is 443 g/mol. The standard InChI is InChI=1S/C13H16ClIN2O4S/c14-10-1-2-11(12(15)9-10)13(18)16-3-8-22(19,20)17-4-6-21-7-5-17/h1-2,9H,3-8H2,(H,16,18). The van der Waals surface area contributed by atoms with E-state index in [-0.39, 0.29) is 18.2 Å². The molecule has 0 bridgehead atoms. The number of benzene rings is 1. The first kappa shape index (κ1) is 17.9. The summed E-state index contributed by atoms with van der Waals surface area (Å²) in [5, 5.41) is 3.18. The molecule has 6 nitrogen and oxygen atoms in total. The lowest BCUT2D eigenvalue weighted by atomic mass is 10.2. The minimum absolute atomic E-state index is 0.0667. The third-order valence-corrected chi connectivity index (χ3v) is 6.18. The molecule has 1 N–H and O–H groups in total. The maximum Gasteiger partial charge on any atom is 0.252 e. The van der Waals surface area contributed by atoms with Crippen LogP contribution in [0.5, 0.6) is 0 Å². The van der Waals surface area contributed by atoms with Crippen LogP contribution in [-0.2, 0) is 14.8 Å². The fourth-order valence-corrected chi connectivity index (χ4v) is 4.46. The Morgan fingerprint density at radius 2 is 2.05 bits per heavy atom. The highest BCUT2D eigenvalue weighted by Crippen LogP contribution is 2.17. The summed E-state index contributed by atoms with van der Waals surface area (Å²) >= 11 is 7.86. The van der Waals surface area contributed by atoms with Gasteiger partial charge in [0.25, 0.3) is 5.91 Å². The normalized spacial score (nSPS) is 16.5. The van der Waals surface area contributed by atoms with Gasteiger partial charge >= 0.3 is 0 Å². The number of sulfonamides is 1. The Bertz CT molecular complexity index is 647. The summed E-state index contributed by atoms with van der Waals surface area (Å²) in [6.07, 6.45) is 0. The van der Waals surface area contributed by atoms with E-state index < -0.39 is 10.0 Å². The molecule has 0 atom stereocenters. The molecule has 1 aliphatic rings. The van der Waals surface area contributed by atoms with E-state index >= 15 is 0 Å². The first-order valence-corrected chi connectivity index (χ1v) is 9.75. The van der Waals surface area contributed by atoms with Crippen LogP contribution in [0.2, 0.25) is 5.02 Å². The number of carbonyl (C=O) groups is 1. The minimum Gasteiger partial charge on any atom is -0.379 e. The van der Waals surface area contributed by atoms with E-state index in [1.165, 1.54) is 4.31 Å². The molecule has 0 radical (unpaired) electrons. The van der Waals surface area contributed by atoms with Crippen LogP contribution in [-0.4, -0.2) is 57.2 Å². The largest absolute Gasteiger partial charge is 0.379 e. The SMILES string of the molecule is O=C(NCCS(=O)(=O)N1CCOCC1)c1ccc(Cl)cc1I. The number of halogens is 2. The van der Waals surface area contributed by atoms with E-state index in [9.17, 15) is 13.2 Å². The summed E-state index contributed by atoms with van der Waals surface area (Å²) in [5.74, 6) is -0.429. The number of rotatable bonds is 5. The van der Waals surface area contributed by atoms with E-state index in [1.54, 1.807) is 18.2 Å². The number of morpholine rings is 1. The highest BCUT2D eigenvalue weighted by atomic mass is 127. The number of hydrogen-bond acceptors (Lipinski definition) is 4. The smallest absolute Gasteiger partial charge is 0.252 e. The lowest BCUT2D eigenvalue weighted by molar-refractivity contribution is 0.0730. The van der Waals surface area contributed by atoms with Crippen LogP contribution in [0.1, 0.15) is 10.4 Å². The van der Waals surface area contributed by atoms with E-state index in [2.05, 4.69) is 5.32 Å². The molecule has 0 aromatic heterocycles. The number of ether oxygens (including phenoxy) is 1. The van der Waals surface area contributed by atoms with Gasteiger partial charge < -0.3 is 10.1 Å². The van der Waals surface area contributed by atoms with E-state index in [1.807, 2.05) is 22.6 Å². The first-order chi connectivity index (χ1) is 10.4. The van der Waals surface area contributed by atoms with Crippen LogP contribution >= 0.6 is 34.2 Å². The summed E-state index contributed by atoms with van der Waals surface area (Å²) in [6, 6.07) is 4.93. The summed E-state index contributed by atoms with van der Waals surface area (Å²) in [4.78, 5) is 12.1. The van der Waals surface area contributed by atoms with Crippen molar-refractivity contribution in [1.29, 1.82) is 0 Å². The molecule has 1 aliphatic heterocycles. The average Bonchev–Trinajstić information content (AvgIpc) is 2.47. The molecule has 0 unspecified atom stereocenters. The van der Waals surface area contributed by atoms with Gasteiger partial charge in [0.1, 0.15) is 0 Å². The van der Waals surface area contributed by atoms with Gasteiger partial charge in [0.05, 0.1) is 24.5 Å². The molecule has 0 aliphatic carbocycles. The molecule has 122 valence electrons. The second kappa shape index (κ2) is 7.91. The Morgan fingerprint density at radius 1 is 1.36 bits per heavy atom. The van der Waals surface area contributed by atoms with Crippen molar-refractivity contribution in [3.8, 4) is 0 Å². The number of hydrogen-bond donors (Lipinski definition) is 1. The molecule has 9 heteroatoms. The van der Waals surface area contributed by atoms with Crippen molar-refractivity contribution in [2.24, 2.45) is 0 Å². The second-order valence-corrected chi connectivity index (χ2v) is 8.39. The molecule has 2 rings (SSSR count). The Labute approximate surface area is 148 Å². The Morgan fingerprint density at radius 3 is 2.68 bits per heavy atom. The van der Waals surface area contributed by atoms with Crippen LogP contribution in [0, 0.1) is 3.57 Å². The number of amides is 1. The molecule has 1 amide bonds. The van der Waals surface area contributed by atoms with Crippen LogP contribution in [0.4, 0.5) is 0 Å². The van der Waals surface area contributed by atoms with Crippen molar-refractivity contribution >= 4 is 50.1 Å². The second-order valence-electron chi connectivity index (χ2n) is 4.71. The van der Waals surface area contributed by atoms with Crippen molar-refractivity contribution in [3.05, 3.63) is 32.4 Å². The summed E-state index contributed by atoms with van der Waals surface area (Å²) in [6.45, 7) is 1.62. The van der Waals surface area contributed by atoms with E-state index in [4.69, 9.17) is 16.3 Å². The van der Waals surface area contributed by atoms with Gasteiger partial charge in [-0.25, -0.2) is 8.42 Å². The lowest BCUT2D eigenvalue weighted by Gasteiger charge is -2.26. The Balaban J connectivity index is 1.88. The molecule has 1 heterocycles. The van der Waals surface area contributed by atoms with Crippen LogP contribution in [0.3, 0.4) is 0 Å². The monoisotopic (exact) mass is 458 g/mol. The third kappa shape index (κ3) is 4.79. The van der Waals surface area contributed by atoms with Crippen LogP contribution in [0.25, 0.3) is 0 Å². The quantitative estimate of drug-likeness (QED) is 0.676. The summed E-state index contributed by atoms with van der Waals surface area (Å²) in [5.41, 5.74) is 0.480. The number of nitrogens with zero attached hydrogens (tertiary/aromatic N) is 1. The molecule has 1 saturated heterocycles. The van der Waals surface area contributed by atoms with Crippen molar-refractivity contribution in [2.45, 2.75) is 0 Å². The van der Waals surface area contributed by atoms with Crippen LogP contribution in [0.15, 0.2) is 18.2 Å². The molecular formula is C13H16ClIN2O4S. The zero-order chi connectivity index (χ0) is 16.2. The summed E-state index contributed by atoms with van der Waals surface area (Å²) < 4.78 is 31.5. The molecule has 22 heavy (non-hydrogen) atoms. The zero-order valence-electron chi connectivity index (χ0n) is 11.7. The van der Waals surface area contributed by atoms with Crippen molar-refractivity contribution in [1.82, 2.24) is 9.62 Å². The van der Waals surface area contributed by atoms with Crippen LogP contribution < -0.4 is 5.32 Å². The number of carbonyl (C=O) groups excluding carboxylic acids is 1. The fraction of sp³-hybridized carbons (Fsp3) is 0.462. The molecule has 1 aromatic carbocycles. The van der Waals surface area contributed by atoms with Gasteiger partial charge in [0.2, 0.25) is 10.0 Å².